The van der Waals surface area contributed by atoms with Gasteiger partial charge in [-0.2, -0.15) is 4.98 Å². The lowest BCUT2D eigenvalue weighted by atomic mass is 10.2. The number of ether oxygens (including phenoxy) is 2. The first-order valence-electron chi connectivity index (χ1n) is 9.21. The van der Waals surface area contributed by atoms with Gasteiger partial charge in [0.2, 0.25) is 18.5 Å². The van der Waals surface area contributed by atoms with Gasteiger partial charge < -0.3 is 23.9 Å². The van der Waals surface area contributed by atoms with Gasteiger partial charge in [0.05, 0.1) is 10.7 Å². The Hall–Kier alpha value is -3.85. The highest BCUT2D eigenvalue weighted by Crippen LogP contribution is 2.35. The number of benzene rings is 2. The minimum atomic E-state index is -0.497. The Morgan fingerprint density at radius 2 is 2.03 bits per heavy atom. The lowest BCUT2D eigenvalue weighted by Gasteiger charge is -2.09. The Balaban J connectivity index is 1.35. The number of halogens is 2. The minimum absolute atomic E-state index is 0.0586. The molecule has 1 aliphatic heterocycles. The molecule has 0 radical (unpaired) electrons. The van der Waals surface area contributed by atoms with Crippen molar-refractivity contribution >= 4 is 23.2 Å². The average molecular weight is 441 g/mol. The highest BCUT2D eigenvalue weighted by molar-refractivity contribution is 6.33. The summed E-state index contributed by atoms with van der Waals surface area (Å²) in [5.41, 5.74) is 1.46. The molecule has 0 bridgehead atoms. The van der Waals surface area contributed by atoms with Crippen molar-refractivity contribution in [3.63, 3.8) is 0 Å². The monoisotopic (exact) mass is 440 g/mol. The van der Waals surface area contributed by atoms with Gasteiger partial charge in [-0.1, -0.05) is 16.8 Å². The van der Waals surface area contributed by atoms with E-state index in [0.29, 0.717) is 28.6 Å². The second-order valence-corrected chi connectivity index (χ2v) is 7.09. The van der Waals surface area contributed by atoms with Crippen LogP contribution in [0.15, 0.2) is 59.3 Å². The van der Waals surface area contributed by atoms with Crippen molar-refractivity contribution in [3.05, 3.63) is 65.6 Å². The molecule has 156 valence electrons. The normalized spacial score (nSPS) is 12.2. The fourth-order valence-electron chi connectivity index (χ4n) is 3.16. The van der Waals surface area contributed by atoms with E-state index in [2.05, 4.69) is 15.5 Å². The Bertz CT molecular complexity index is 1290. The number of nitrogens with one attached hydrogen (secondary N) is 1. The van der Waals surface area contributed by atoms with Crippen molar-refractivity contribution in [1.82, 2.24) is 14.7 Å². The minimum Gasteiger partial charge on any atom is -0.454 e. The molecule has 10 heteroatoms. The van der Waals surface area contributed by atoms with Gasteiger partial charge in [0.25, 0.3) is 5.89 Å². The molecular formula is C21H14ClFN4O4. The van der Waals surface area contributed by atoms with Crippen LogP contribution in [-0.2, 0) is 11.3 Å². The lowest BCUT2D eigenvalue weighted by Crippen LogP contribution is -2.19. The molecule has 0 saturated heterocycles. The first-order valence-corrected chi connectivity index (χ1v) is 9.59. The average Bonchev–Trinajstić information content (AvgIpc) is 3.49. The largest absolute Gasteiger partial charge is 0.454 e. The molecule has 2 aromatic carbocycles. The fourth-order valence-corrected chi connectivity index (χ4v) is 3.33. The third-order valence-corrected chi connectivity index (χ3v) is 4.95. The predicted molar refractivity (Wildman–Crippen MR) is 109 cm³/mol. The third kappa shape index (κ3) is 3.82. The van der Waals surface area contributed by atoms with Crippen molar-refractivity contribution in [2.45, 2.75) is 6.54 Å². The summed E-state index contributed by atoms with van der Waals surface area (Å²) < 4.78 is 31.1. The zero-order valence-electron chi connectivity index (χ0n) is 15.8. The molecule has 1 amide bonds. The molecule has 2 aromatic heterocycles. The molecule has 0 unspecified atom stereocenters. The fraction of sp³-hybridized carbons (Fsp3) is 0.0952. The number of aromatic nitrogens is 3. The molecule has 3 heterocycles. The molecule has 8 nitrogen and oxygen atoms in total. The van der Waals surface area contributed by atoms with E-state index >= 15 is 0 Å². The van der Waals surface area contributed by atoms with Gasteiger partial charge in [-0.15, -0.1) is 0 Å². The summed E-state index contributed by atoms with van der Waals surface area (Å²) in [5.74, 6) is 1.00. The summed E-state index contributed by atoms with van der Waals surface area (Å²) in [6.07, 6.45) is 1.70. The second-order valence-electron chi connectivity index (χ2n) is 6.68. The van der Waals surface area contributed by atoms with Gasteiger partial charge in [0.1, 0.15) is 18.1 Å². The standard InChI is InChI=1S/C21H14ClFN4O4/c22-14-5-4-13(23)9-15(14)24-19(28)10-27-7-1-2-16(27)21-25-20(26-31-21)12-3-6-17-18(8-12)30-11-29-17/h1-9H,10-11H2,(H,24,28). The van der Waals surface area contributed by atoms with Crippen LogP contribution in [0.5, 0.6) is 11.5 Å². The van der Waals surface area contributed by atoms with Gasteiger partial charge in [-0.05, 0) is 48.5 Å². The van der Waals surface area contributed by atoms with Gasteiger partial charge >= 0.3 is 0 Å². The van der Waals surface area contributed by atoms with Crippen molar-refractivity contribution in [3.8, 4) is 34.5 Å². The van der Waals surface area contributed by atoms with Crippen molar-refractivity contribution in [2.75, 3.05) is 12.1 Å². The maximum absolute atomic E-state index is 13.4. The summed E-state index contributed by atoms with van der Waals surface area (Å²) in [6.45, 7) is 0.115. The van der Waals surface area contributed by atoms with Gasteiger partial charge in [0, 0.05) is 11.8 Å². The third-order valence-electron chi connectivity index (χ3n) is 4.62. The maximum atomic E-state index is 13.4. The first kappa shape index (κ1) is 19.1. The maximum Gasteiger partial charge on any atom is 0.274 e. The van der Waals surface area contributed by atoms with E-state index in [-0.39, 0.29) is 35.8 Å². The van der Waals surface area contributed by atoms with Gasteiger partial charge in [-0.3, -0.25) is 4.79 Å². The number of hydrogen-bond donors (Lipinski definition) is 1. The van der Waals surface area contributed by atoms with Gasteiger partial charge in [-0.25, -0.2) is 4.39 Å². The van der Waals surface area contributed by atoms with Crippen LogP contribution in [-0.4, -0.2) is 27.4 Å². The van der Waals surface area contributed by atoms with Gasteiger partial charge in [0.15, 0.2) is 11.5 Å². The summed E-state index contributed by atoms with van der Waals surface area (Å²) in [4.78, 5) is 16.9. The van der Waals surface area contributed by atoms with E-state index in [1.165, 1.54) is 12.1 Å². The zero-order valence-corrected chi connectivity index (χ0v) is 16.6. The van der Waals surface area contributed by atoms with E-state index in [1.807, 2.05) is 0 Å². The Labute approximate surface area is 180 Å². The zero-order chi connectivity index (χ0) is 21.4. The van der Waals surface area contributed by atoms with Crippen LogP contribution < -0.4 is 14.8 Å². The molecule has 0 atom stereocenters. The molecule has 5 rings (SSSR count). The molecule has 0 aliphatic carbocycles. The second kappa shape index (κ2) is 7.77. The number of anilines is 1. The summed E-state index contributed by atoms with van der Waals surface area (Å²) in [7, 11) is 0. The molecule has 4 aromatic rings. The number of carbonyl (C=O) groups excluding carboxylic acids is 1. The lowest BCUT2D eigenvalue weighted by molar-refractivity contribution is -0.116. The molecular weight excluding hydrogens is 427 g/mol. The SMILES string of the molecule is O=C(Cn1cccc1-c1nc(-c2ccc3c(c2)OCO3)no1)Nc1cc(F)ccc1Cl. The van der Waals surface area contributed by atoms with Crippen LogP contribution in [0.2, 0.25) is 5.02 Å². The molecule has 1 aliphatic rings. The molecule has 0 fully saturated rings. The number of hydrogen-bond acceptors (Lipinski definition) is 6. The quantitative estimate of drug-likeness (QED) is 0.495. The molecule has 31 heavy (non-hydrogen) atoms. The smallest absolute Gasteiger partial charge is 0.274 e. The Morgan fingerprint density at radius 1 is 1.16 bits per heavy atom. The number of rotatable bonds is 5. The molecule has 0 saturated carbocycles. The first-order chi connectivity index (χ1) is 15.1. The van der Waals surface area contributed by atoms with Crippen LogP contribution in [0.4, 0.5) is 10.1 Å². The summed E-state index contributed by atoms with van der Waals surface area (Å²) in [6, 6.07) is 12.6. The predicted octanol–water partition coefficient (Wildman–Crippen LogP) is 4.37. The molecule has 1 N–H and O–H groups in total. The van der Waals surface area contributed by atoms with E-state index in [9.17, 15) is 9.18 Å². The van der Waals surface area contributed by atoms with E-state index in [0.717, 1.165) is 6.07 Å². The van der Waals surface area contributed by atoms with E-state index < -0.39 is 5.82 Å². The molecule has 0 spiro atoms. The number of nitrogens with zero attached hydrogens (tertiary/aromatic N) is 3. The number of amides is 1. The number of carbonyl (C=O) groups is 1. The summed E-state index contributed by atoms with van der Waals surface area (Å²) in [5, 5.41) is 6.86. The van der Waals surface area contributed by atoms with Crippen LogP contribution >= 0.6 is 11.6 Å². The van der Waals surface area contributed by atoms with Crippen molar-refractivity contribution < 1.29 is 23.2 Å². The van der Waals surface area contributed by atoms with Crippen molar-refractivity contribution in [2.24, 2.45) is 0 Å². The number of fused-ring (bicyclic) bond motifs is 1. The summed E-state index contributed by atoms with van der Waals surface area (Å²) >= 11 is 6.01. The Kier molecular flexibility index (Phi) is 4.79. The topological polar surface area (TPSA) is 91.4 Å². The van der Waals surface area contributed by atoms with E-state index in [1.54, 1.807) is 41.1 Å². The van der Waals surface area contributed by atoms with Crippen molar-refractivity contribution in [1.29, 1.82) is 0 Å². The highest BCUT2D eigenvalue weighted by Gasteiger charge is 2.19. The van der Waals surface area contributed by atoms with E-state index in [4.69, 9.17) is 25.6 Å². The van der Waals surface area contributed by atoms with Crippen LogP contribution in [0.25, 0.3) is 23.0 Å². The van der Waals surface area contributed by atoms with Crippen LogP contribution in [0.3, 0.4) is 0 Å². The Morgan fingerprint density at radius 3 is 2.94 bits per heavy atom. The van der Waals surface area contributed by atoms with Crippen LogP contribution in [0.1, 0.15) is 0 Å². The highest BCUT2D eigenvalue weighted by atomic mass is 35.5. The van der Waals surface area contributed by atoms with Crippen LogP contribution in [0, 0.1) is 5.82 Å².